The average molecular weight is 329 g/mol. The van der Waals surface area contributed by atoms with Crippen molar-refractivity contribution in [1.29, 1.82) is 0 Å². The standard InChI is InChI=1S/C16H12FN3O2S/c1-22-14-3-2-11(8-12(14)17)13-9-23-16(19-13)20-15(21)10-4-6-18-7-5-10/h2-9H,1H3,(H,19,20,21). The number of nitrogens with zero attached hydrogens (tertiary/aromatic N) is 2. The highest BCUT2D eigenvalue weighted by Crippen LogP contribution is 2.28. The second-order valence-corrected chi connectivity index (χ2v) is 5.44. The maximum Gasteiger partial charge on any atom is 0.257 e. The Morgan fingerprint density at radius 3 is 2.74 bits per heavy atom. The molecule has 0 bridgehead atoms. The molecule has 5 nitrogen and oxygen atoms in total. The van der Waals surface area contributed by atoms with E-state index >= 15 is 0 Å². The van der Waals surface area contributed by atoms with Crippen LogP contribution in [0.5, 0.6) is 5.75 Å². The molecule has 0 atom stereocenters. The second-order valence-electron chi connectivity index (χ2n) is 4.58. The molecule has 0 saturated heterocycles. The van der Waals surface area contributed by atoms with Gasteiger partial charge < -0.3 is 4.74 Å². The van der Waals surface area contributed by atoms with Crippen molar-refractivity contribution < 1.29 is 13.9 Å². The average Bonchev–Trinajstić information content (AvgIpc) is 3.04. The van der Waals surface area contributed by atoms with Crippen LogP contribution in [0.1, 0.15) is 10.4 Å². The zero-order valence-electron chi connectivity index (χ0n) is 12.1. The lowest BCUT2D eigenvalue weighted by atomic mass is 10.1. The number of aromatic nitrogens is 2. The summed E-state index contributed by atoms with van der Waals surface area (Å²) in [5.41, 5.74) is 1.69. The number of rotatable bonds is 4. The van der Waals surface area contributed by atoms with Gasteiger partial charge in [0.15, 0.2) is 16.7 Å². The molecule has 0 aliphatic heterocycles. The third kappa shape index (κ3) is 3.35. The van der Waals surface area contributed by atoms with E-state index in [-0.39, 0.29) is 11.7 Å². The van der Waals surface area contributed by atoms with Gasteiger partial charge >= 0.3 is 0 Å². The van der Waals surface area contributed by atoms with Crippen molar-refractivity contribution in [3.63, 3.8) is 0 Å². The SMILES string of the molecule is COc1ccc(-c2csc(NC(=O)c3ccncc3)n2)cc1F. The molecule has 1 aromatic carbocycles. The van der Waals surface area contributed by atoms with Gasteiger partial charge in [-0.3, -0.25) is 15.1 Å². The Hall–Kier alpha value is -2.80. The fourth-order valence-corrected chi connectivity index (χ4v) is 2.68. The maximum atomic E-state index is 13.7. The Morgan fingerprint density at radius 2 is 2.04 bits per heavy atom. The molecular weight excluding hydrogens is 317 g/mol. The minimum absolute atomic E-state index is 0.176. The molecule has 23 heavy (non-hydrogen) atoms. The third-order valence-electron chi connectivity index (χ3n) is 3.11. The van der Waals surface area contributed by atoms with Crippen molar-refractivity contribution in [2.75, 3.05) is 12.4 Å². The number of anilines is 1. The first-order chi connectivity index (χ1) is 11.2. The Balaban J connectivity index is 1.78. The predicted octanol–water partition coefficient (Wildman–Crippen LogP) is 3.61. The number of halogens is 1. The Labute approximate surface area is 135 Å². The van der Waals surface area contributed by atoms with Crippen LogP contribution in [-0.2, 0) is 0 Å². The van der Waals surface area contributed by atoms with Crippen LogP contribution in [0.4, 0.5) is 9.52 Å². The lowest BCUT2D eigenvalue weighted by Crippen LogP contribution is -2.11. The van der Waals surface area contributed by atoms with E-state index in [1.54, 1.807) is 42.0 Å². The monoisotopic (exact) mass is 329 g/mol. The van der Waals surface area contributed by atoms with E-state index in [1.807, 2.05) is 0 Å². The number of carbonyl (C=O) groups is 1. The topological polar surface area (TPSA) is 64.1 Å². The quantitative estimate of drug-likeness (QED) is 0.794. The Kier molecular flexibility index (Phi) is 4.29. The minimum atomic E-state index is -0.458. The number of pyridine rings is 1. The number of carbonyl (C=O) groups excluding carboxylic acids is 1. The normalized spacial score (nSPS) is 10.3. The Morgan fingerprint density at radius 1 is 1.26 bits per heavy atom. The fraction of sp³-hybridized carbons (Fsp3) is 0.0625. The van der Waals surface area contributed by atoms with E-state index in [9.17, 15) is 9.18 Å². The van der Waals surface area contributed by atoms with Gasteiger partial charge in [-0.05, 0) is 30.3 Å². The molecule has 1 amide bonds. The number of amides is 1. The first kappa shape index (κ1) is 15.1. The largest absolute Gasteiger partial charge is 0.494 e. The summed E-state index contributed by atoms with van der Waals surface area (Å²) in [7, 11) is 1.41. The van der Waals surface area contributed by atoms with Crippen molar-refractivity contribution in [2.45, 2.75) is 0 Å². The van der Waals surface area contributed by atoms with Gasteiger partial charge in [0, 0.05) is 28.9 Å². The van der Waals surface area contributed by atoms with Gasteiger partial charge in [0.1, 0.15) is 0 Å². The van der Waals surface area contributed by atoms with E-state index in [4.69, 9.17) is 4.74 Å². The van der Waals surface area contributed by atoms with E-state index < -0.39 is 5.82 Å². The summed E-state index contributed by atoms with van der Waals surface area (Å²) < 4.78 is 18.6. The number of ether oxygens (including phenoxy) is 1. The van der Waals surface area contributed by atoms with Crippen LogP contribution in [0.25, 0.3) is 11.3 Å². The predicted molar refractivity (Wildman–Crippen MR) is 86.3 cm³/mol. The molecule has 0 radical (unpaired) electrons. The fourth-order valence-electron chi connectivity index (χ4n) is 1.96. The van der Waals surface area contributed by atoms with Gasteiger partial charge in [0.05, 0.1) is 12.8 Å². The second kappa shape index (κ2) is 6.53. The number of nitrogens with one attached hydrogen (secondary N) is 1. The first-order valence-electron chi connectivity index (χ1n) is 6.68. The van der Waals surface area contributed by atoms with Gasteiger partial charge in [-0.1, -0.05) is 0 Å². The molecule has 7 heteroatoms. The molecule has 3 rings (SSSR count). The number of thiazole rings is 1. The van der Waals surface area contributed by atoms with Crippen LogP contribution in [0, 0.1) is 5.82 Å². The first-order valence-corrected chi connectivity index (χ1v) is 7.56. The third-order valence-corrected chi connectivity index (χ3v) is 3.87. The van der Waals surface area contributed by atoms with Crippen LogP contribution in [-0.4, -0.2) is 23.0 Å². The van der Waals surface area contributed by atoms with Gasteiger partial charge in [-0.15, -0.1) is 11.3 Å². The van der Waals surface area contributed by atoms with Gasteiger partial charge in [0.2, 0.25) is 0 Å². The summed E-state index contributed by atoms with van der Waals surface area (Å²) in [6.45, 7) is 0. The highest BCUT2D eigenvalue weighted by atomic mass is 32.1. The summed E-state index contributed by atoms with van der Waals surface area (Å²) >= 11 is 1.27. The minimum Gasteiger partial charge on any atom is -0.494 e. The lowest BCUT2D eigenvalue weighted by Gasteiger charge is -2.03. The van der Waals surface area contributed by atoms with E-state index in [1.165, 1.54) is 24.5 Å². The molecule has 0 spiro atoms. The van der Waals surface area contributed by atoms with Crippen LogP contribution in [0.15, 0.2) is 48.1 Å². The number of hydrogen-bond acceptors (Lipinski definition) is 5. The highest BCUT2D eigenvalue weighted by Gasteiger charge is 2.11. The van der Waals surface area contributed by atoms with Crippen molar-refractivity contribution in [3.05, 3.63) is 59.5 Å². The maximum absolute atomic E-state index is 13.7. The number of benzene rings is 1. The van der Waals surface area contributed by atoms with Gasteiger partial charge in [0.25, 0.3) is 5.91 Å². The van der Waals surface area contributed by atoms with Gasteiger partial charge in [-0.25, -0.2) is 9.37 Å². The molecule has 3 aromatic rings. The molecule has 0 fully saturated rings. The zero-order chi connectivity index (χ0) is 16.2. The molecule has 0 aliphatic carbocycles. The van der Waals surface area contributed by atoms with Crippen molar-refractivity contribution in [1.82, 2.24) is 9.97 Å². The van der Waals surface area contributed by atoms with Crippen LogP contribution >= 0.6 is 11.3 Å². The number of hydrogen-bond donors (Lipinski definition) is 1. The van der Waals surface area contributed by atoms with E-state index in [2.05, 4.69) is 15.3 Å². The highest BCUT2D eigenvalue weighted by molar-refractivity contribution is 7.14. The van der Waals surface area contributed by atoms with Crippen molar-refractivity contribution in [3.8, 4) is 17.0 Å². The van der Waals surface area contributed by atoms with E-state index in [0.717, 1.165) is 0 Å². The van der Waals surface area contributed by atoms with Crippen molar-refractivity contribution in [2.24, 2.45) is 0 Å². The lowest BCUT2D eigenvalue weighted by molar-refractivity contribution is 0.102. The summed E-state index contributed by atoms with van der Waals surface area (Å²) in [4.78, 5) is 20.2. The molecule has 2 heterocycles. The number of methoxy groups -OCH3 is 1. The molecule has 0 aliphatic rings. The van der Waals surface area contributed by atoms with Crippen molar-refractivity contribution >= 4 is 22.4 Å². The molecule has 1 N–H and O–H groups in total. The molecule has 2 aromatic heterocycles. The molecule has 116 valence electrons. The zero-order valence-corrected chi connectivity index (χ0v) is 12.9. The summed E-state index contributed by atoms with van der Waals surface area (Å²) in [6, 6.07) is 7.83. The smallest absolute Gasteiger partial charge is 0.257 e. The summed E-state index contributed by atoms with van der Waals surface area (Å²) in [6.07, 6.45) is 3.09. The molecule has 0 saturated carbocycles. The summed E-state index contributed by atoms with van der Waals surface area (Å²) in [5, 5.41) is 4.90. The molecular formula is C16H12FN3O2S. The van der Waals surface area contributed by atoms with Crippen LogP contribution in [0.3, 0.4) is 0 Å². The van der Waals surface area contributed by atoms with Gasteiger partial charge in [-0.2, -0.15) is 0 Å². The summed E-state index contributed by atoms with van der Waals surface area (Å²) in [5.74, 6) is -0.551. The van der Waals surface area contributed by atoms with E-state index in [0.29, 0.717) is 22.0 Å². The molecule has 0 unspecified atom stereocenters. The Bertz CT molecular complexity index is 836. The van der Waals surface area contributed by atoms with Crippen LogP contribution < -0.4 is 10.1 Å². The van der Waals surface area contributed by atoms with Crippen LogP contribution in [0.2, 0.25) is 0 Å².